The number of hydrogen-bond acceptors (Lipinski definition) is 2. The summed E-state index contributed by atoms with van der Waals surface area (Å²) in [6.07, 6.45) is -4.18. The maximum absolute atomic E-state index is 12.9. The van der Waals surface area contributed by atoms with Crippen LogP contribution in [0, 0.1) is 11.8 Å². The van der Waals surface area contributed by atoms with Crippen LogP contribution in [0.1, 0.15) is 49.2 Å². The smallest absolute Gasteiger partial charge is 0.365 e. The van der Waals surface area contributed by atoms with Crippen LogP contribution in [0.25, 0.3) is 0 Å². The summed E-state index contributed by atoms with van der Waals surface area (Å²) in [5.74, 6) is -0.162. The average Bonchev–Trinajstić information content (AvgIpc) is 3.10. The van der Waals surface area contributed by atoms with Crippen LogP contribution < -0.4 is 0 Å². The van der Waals surface area contributed by atoms with Crippen molar-refractivity contribution in [3.05, 3.63) is 47.5 Å². The molecule has 0 radical (unpaired) electrons. The van der Waals surface area contributed by atoms with Crippen molar-refractivity contribution in [2.75, 3.05) is 13.1 Å². The van der Waals surface area contributed by atoms with E-state index in [0.717, 1.165) is 16.9 Å². The van der Waals surface area contributed by atoms with E-state index in [4.69, 9.17) is 4.74 Å². The van der Waals surface area contributed by atoms with E-state index in [9.17, 15) is 18.0 Å². The molecule has 1 aliphatic heterocycles. The highest BCUT2D eigenvalue weighted by Crippen LogP contribution is 2.59. The lowest BCUT2D eigenvalue weighted by molar-refractivity contribution is -0.147. The summed E-state index contributed by atoms with van der Waals surface area (Å²) in [6.45, 7) is 8.83. The van der Waals surface area contributed by atoms with Gasteiger partial charge in [0.1, 0.15) is 12.6 Å². The molecule has 1 heterocycles. The Labute approximate surface area is 151 Å². The minimum absolute atomic E-state index is 0.0943. The lowest BCUT2D eigenvalue weighted by atomic mass is 9.96. The SMILES string of the molecule is C=C(CC)[C@@H]1[C@H](C)C1(C)OC1CN(CC(F)(F)F)C(=O)c2ccccc21. The van der Waals surface area contributed by atoms with Crippen LogP contribution >= 0.6 is 0 Å². The summed E-state index contributed by atoms with van der Waals surface area (Å²) in [6, 6.07) is 6.78. The first-order valence-corrected chi connectivity index (χ1v) is 8.89. The molecule has 0 bridgehead atoms. The van der Waals surface area contributed by atoms with Crippen LogP contribution in [0.5, 0.6) is 0 Å². The Bertz CT molecular complexity index is 730. The number of carbonyl (C=O) groups is 1. The molecule has 2 aliphatic rings. The van der Waals surface area contributed by atoms with Crippen LogP contribution in [0.4, 0.5) is 13.2 Å². The Hall–Kier alpha value is -1.82. The molecule has 1 saturated carbocycles. The average molecular weight is 367 g/mol. The van der Waals surface area contributed by atoms with Crippen molar-refractivity contribution in [1.29, 1.82) is 0 Å². The molecule has 1 aromatic rings. The molecule has 1 fully saturated rings. The number of halogens is 3. The third-order valence-corrected chi connectivity index (χ3v) is 5.78. The topological polar surface area (TPSA) is 29.5 Å². The lowest BCUT2D eigenvalue weighted by Crippen LogP contribution is -2.46. The predicted molar refractivity (Wildman–Crippen MR) is 92.7 cm³/mol. The summed E-state index contributed by atoms with van der Waals surface area (Å²) < 4.78 is 45.0. The third-order valence-electron chi connectivity index (χ3n) is 5.78. The fourth-order valence-corrected chi connectivity index (χ4v) is 4.14. The molecular weight excluding hydrogens is 343 g/mol. The Morgan fingerprint density at radius 2 is 2.04 bits per heavy atom. The molecule has 1 aliphatic carbocycles. The van der Waals surface area contributed by atoms with Gasteiger partial charge in [-0.15, -0.1) is 0 Å². The van der Waals surface area contributed by atoms with Gasteiger partial charge in [0.25, 0.3) is 5.91 Å². The zero-order chi connectivity index (χ0) is 19.3. The molecule has 1 amide bonds. The van der Waals surface area contributed by atoms with Crippen molar-refractivity contribution < 1.29 is 22.7 Å². The Morgan fingerprint density at radius 1 is 1.38 bits per heavy atom. The Morgan fingerprint density at radius 3 is 2.65 bits per heavy atom. The normalized spacial score (nSPS) is 30.9. The van der Waals surface area contributed by atoms with Gasteiger partial charge in [0, 0.05) is 11.5 Å². The highest BCUT2D eigenvalue weighted by molar-refractivity contribution is 5.97. The zero-order valence-electron chi connectivity index (χ0n) is 15.3. The van der Waals surface area contributed by atoms with Crippen molar-refractivity contribution in [3.8, 4) is 0 Å². The fourth-order valence-electron chi connectivity index (χ4n) is 4.14. The van der Waals surface area contributed by atoms with Crippen molar-refractivity contribution in [2.24, 2.45) is 11.8 Å². The summed E-state index contributed by atoms with van der Waals surface area (Å²) in [7, 11) is 0. The standard InChI is InChI=1S/C20H24F3NO2/c1-5-12(2)17-13(3)19(17,4)26-16-10-24(11-20(21,22)23)18(25)15-9-7-6-8-14(15)16/h6-9,13,16-17H,2,5,10-11H2,1,3-4H3/t13-,16?,17+,19?/m0/s1. The second-order valence-electron chi connectivity index (χ2n) is 7.46. The summed E-state index contributed by atoms with van der Waals surface area (Å²) in [4.78, 5) is 13.3. The zero-order valence-corrected chi connectivity index (χ0v) is 15.3. The molecule has 0 spiro atoms. The molecule has 0 saturated heterocycles. The minimum Gasteiger partial charge on any atom is -0.365 e. The van der Waals surface area contributed by atoms with Gasteiger partial charge in [0.05, 0.1) is 12.1 Å². The minimum atomic E-state index is -4.44. The largest absolute Gasteiger partial charge is 0.406 e. The highest BCUT2D eigenvalue weighted by atomic mass is 19.4. The van der Waals surface area contributed by atoms with Gasteiger partial charge in [-0.05, 0) is 30.9 Å². The van der Waals surface area contributed by atoms with E-state index in [1.807, 2.05) is 13.8 Å². The number of carbonyl (C=O) groups excluding carboxylic acids is 1. The second kappa shape index (κ2) is 6.41. The second-order valence-corrected chi connectivity index (χ2v) is 7.46. The van der Waals surface area contributed by atoms with Crippen molar-refractivity contribution in [1.82, 2.24) is 4.90 Å². The lowest BCUT2D eigenvalue weighted by Gasteiger charge is -2.36. The maximum atomic E-state index is 12.9. The number of nitrogens with zero attached hydrogens (tertiary/aromatic N) is 1. The highest BCUT2D eigenvalue weighted by Gasteiger charge is 2.61. The number of benzene rings is 1. The molecule has 142 valence electrons. The van der Waals surface area contributed by atoms with E-state index in [1.54, 1.807) is 24.3 Å². The third kappa shape index (κ3) is 3.27. The molecule has 0 N–H and O–H groups in total. The Balaban J connectivity index is 1.88. The van der Waals surface area contributed by atoms with Crippen LogP contribution in [0.3, 0.4) is 0 Å². The van der Waals surface area contributed by atoms with Crippen molar-refractivity contribution in [2.45, 2.75) is 45.1 Å². The molecule has 26 heavy (non-hydrogen) atoms. The number of fused-ring (bicyclic) bond motifs is 1. The van der Waals surface area contributed by atoms with Gasteiger partial charge in [-0.2, -0.15) is 13.2 Å². The van der Waals surface area contributed by atoms with Gasteiger partial charge in [0.2, 0.25) is 0 Å². The predicted octanol–water partition coefficient (Wildman–Crippen LogP) is 4.75. The molecule has 3 nitrogen and oxygen atoms in total. The quantitative estimate of drug-likeness (QED) is 0.703. The first-order valence-electron chi connectivity index (χ1n) is 8.89. The van der Waals surface area contributed by atoms with Gasteiger partial charge in [-0.1, -0.05) is 44.2 Å². The van der Waals surface area contributed by atoms with E-state index >= 15 is 0 Å². The molecule has 3 rings (SSSR count). The Kier molecular flexibility index (Phi) is 4.67. The van der Waals surface area contributed by atoms with E-state index in [0.29, 0.717) is 5.56 Å². The van der Waals surface area contributed by atoms with Crippen molar-refractivity contribution >= 4 is 5.91 Å². The van der Waals surface area contributed by atoms with Crippen molar-refractivity contribution in [3.63, 3.8) is 0 Å². The fraction of sp³-hybridized carbons (Fsp3) is 0.550. The number of ether oxygens (including phenoxy) is 1. The number of rotatable bonds is 5. The first-order chi connectivity index (χ1) is 12.1. The monoisotopic (exact) mass is 367 g/mol. The maximum Gasteiger partial charge on any atom is 0.406 e. The van der Waals surface area contributed by atoms with Gasteiger partial charge < -0.3 is 9.64 Å². The van der Waals surface area contributed by atoms with E-state index in [2.05, 4.69) is 13.5 Å². The molecule has 1 aromatic carbocycles. The van der Waals surface area contributed by atoms with Gasteiger partial charge >= 0.3 is 6.18 Å². The van der Waals surface area contributed by atoms with E-state index < -0.39 is 30.3 Å². The molecule has 0 aromatic heterocycles. The van der Waals surface area contributed by atoms with Crippen LogP contribution in [0.2, 0.25) is 0 Å². The summed E-state index contributed by atoms with van der Waals surface area (Å²) in [5.41, 5.74) is 1.58. The van der Waals surface area contributed by atoms with E-state index in [1.165, 1.54) is 0 Å². The summed E-state index contributed by atoms with van der Waals surface area (Å²) in [5, 5.41) is 0. The first kappa shape index (κ1) is 19.0. The van der Waals surface area contributed by atoms with Gasteiger partial charge in [-0.3, -0.25) is 4.79 Å². The van der Waals surface area contributed by atoms with E-state index in [-0.39, 0.29) is 23.9 Å². The number of hydrogen-bond donors (Lipinski definition) is 0. The number of amides is 1. The van der Waals surface area contributed by atoms with Gasteiger partial charge in [-0.25, -0.2) is 0 Å². The molecular formula is C20H24F3NO2. The molecule has 6 heteroatoms. The van der Waals surface area contributed by atoms with Crippen LogP contribution in [-0.2, 0) is 4.74 Å². The van der Waals surface area contributed by atoms with Crippen LogP contribution in [-0.4, -0.2) is 35.7 Å². The van der Waals surface area contributed by atoms with Crippen LogP contribution in [0.15, 0.2) is 36.4 Å². The van der Waals surface area contributed by atoms with Gasteiger partial charge in [0.15, 0.2) is 0 Å². The molecule has 4 atom stereocenters. The molecule has 2 unspecified atom stereocenters. The summed E-state index contributed by atoms with van der Waals surface area (Å²) >= 11 is 0. The number of alkyl halides is 3.